The van der Waals surface area contributed by atoms with Crippen LogP contribution < -0.4 is 5.73 Å². The van der Waals surface area contributed by atoms with Crippen LogP contribution in [0.2, 0.25) is 0 Å². The molecule has 1 saturated heterocycles. The molecule has 1 saturated carbocycles. The number of rotatable bonds is 4. The fourth-order valence-electron chi connectivity index (χ4n) is 2.90. The smallest absolute Gasteiger partial charge is 0.248 e. The van der Waals surface area contributed by atoms with Crippen molar-refractivity contribution >= 4 is 5.91 Å². The molecule has 1 aromatic heterocycles. The highest BCUT2D eigenvalue weighted by atomic mass is 16.5. The maximum atomic E-state index is 12.0. The van der Waals surface area contributed by atoms with Crippen molar-refractivity contribution in [1.82, 2.24) is 10.1 Å². The van der Waals surface area contributed by atoms with Crippen molar-refractivity contribution in [3.05, 3.63) is 17.5 Å². The highest BCUT2D eigenvalue weighted by Crippen LogP contribution is 2.42. The van der Waals surface area contributed by atoms with E-state index in [2.05, 4.69) is 5.16 Å². The zero-order valence-electron chi connectivity index (χ0n) is 11.1. The van der Waals surface area contributed by atoms with Crippen LogP contribution in [0.4, 0.5) is 0 Å². The topological polar surface area (TPSA) is 81.6 Å². The van der Waals surface area contributed by atoms with Gasteiger partial charge in [-0.2, -0.15) is 0 Å². The standard InChI is InChI=1S/C13H19N3O3/c1-9-4-11(15-19-9)6-18-7-12(17)16-5-10-2-3-13(10,14)8-16/h4,10H,2-3,5-8,14H2,1H3/t10-,13-/m0/s1. The van der Waals surface area contributed by atoms with Crippen LogP contribution in [0, 0.1) is 12.8 Å². The van der Waals surface area contributed by atoms with Crippen LogP contribution in [0.15, 0.2) is 10.6 Å². The Morgan fingerprint density at radius 3 is 3.11 bits per heavy atom. The van der Waals surface area contributed by atoms with Gasteiger partial charge in [0.15, 0.2) is 0 Å². The summed E-state index contributed by atoms with van der Waals surface area (Å²) in [5, 5.41) is 3.81. The summed E-state index contributed by atoms with van der Waals surface area (Å²) in [5.41, 5.74) is 6.79. The van der Waals surface area contributed by atoms with E-state index in [1.807, 2.05) is 11.8 Å². The van der Waals surface area contributed by atoms with E-state index in [0.29, 0.717) is 24.8 Å². The van der Waals surface area contributed by atoms with Crippen molar-refractivity contribution in [2.24, 2.45) is 11.7 Å². The van der Waals surface area contributed by atoms with E-state index in [-0.39, 0.29) is 18.1 Å². The second-order valence-corrected chi connectivity index (χ2v) is 5.66. The van der Waals surface area contributed by atoms with Crippen molar-refractivity contribution in [2.45, 2.75) is 31.9 Å². The SMILES string of the molecule is Cc1cc(COCC(=O)N2C[C@@H]3CC[C@]3(N)C2)no1. The molecule has 1 aliphatic carbocycles. The summed E-state index contributed by atoms with van der Waals surface area (Å²) in [6.45, 7) is 3.65. The molecule has 2 fully saturated rings. The minimum absolute atomic E-state index is 0.0134. The van der Waals surface area contributed by atoms with Gasteiger partial charge in [0, 0.05) is 24.7 Å². The van der Waals surface area contributed by atoms with Crippen molar-refractivity contribution in [3.63, 3.8) is 0 Å². The molecule has 19 heavy (non-hydrogen) atoms. The average molecular weight is 265 g/mol. The fraction of sp³-hybridized carbons (Fsp3) is 0.692. The number of nitrogens with two attached hydrogens (primary N) is 1. The van der Waals surface area contributed by atoms with Gasteiger partial charge in [0.05, 0.1) is 6.61 Å². The molecule has 3 rings (SSSR count). The van der Waals surface area contributed by atoms with E-state index < -0.39 is 0 Å². The van der Waals surface area contributed by atoms with Crippen LogP contribution in [0.3, 0.4) is 0 Å². The Labute approximate surface area is 111 Å². The Hall–Kier alpha value is -1.40. The third kappa shape index (κ3) is 2.37. The van der Waals surface area contributed by atoms with Gasteiger partial charge in [0.2, 0.25) is 5.91 Å². The molecule has 104 valence electrons. The van der Waals surface area contributed by atoms with Crippen molar-refractivity contribution in [2.75, 3.05) is 19.7 Å². The van der Waals surface area contributed by atoms with Crippen LogP contribution in [-0.4, -0.2) is 41.2 Å². The number of nitrogens with zero attached hydrogens (tertiary/aromatic N) is 2. The lowest BCUT2D eigenvalue weighted by molar-refractivity contribution is -0.135. The second-order valence-electron chi connectivity index (χ2n) is 5.66. The summed E-state index contributed by atoms with van der Waals surface area (Å²) in [7, 11) is 0. The Bertz CT molecular complexity index is 487. The molecule has 6 nitrogen and oxygen atoms in total. The molecule has 1 aromatic rings. The molecular formula is C13H19N3O3. The van der Waals surface area contributed by atoms with Gasteiger partial charge in [-0.25, -0.2) is 0 Å². The van der Waals surface area contributed by atoms with Crippen LogP contribution in [0.25, 0.3) is 0 Å². The molecule has 2 atom stereocenters. The van der Waals surface area contributed by atoms with Gasteiger partial charge in [0.1, 0.15) is 18.1 Å². The first-order valence-corrected chi connectivity index (χ1v) is 6.63. The maximum Gasteiger partial charge on any atom is 0.248 e. The third-order valence-electron chi connectivity index (χ3n) is 4.20. The number of aryl methyl sites for hydroxylation is 1. The molecule has 0 spiro atoms. The van der Waals surface area contributed by atoms with Crippen LogP contribution in [-0.2, 0) is 16.1 Å². The first-order valence-electron chi connectivity index (χ1n) is 6.63. The largest absolute Gasteiger partial charge is 0.365 e. The van der Waals surface area contributed by atoms with Crippen LogP contribution in [0.5, 0.6) is 0 Å². The third-order valence-corrected chi connectivity index (χ3v) is 4.20. The molecule has 0 aromatic carbocycles. The molecule has 6 heteroatoms. The summed E-state index contributed by atoms with van der Waals surface area (Å²) in [5.74, 6) is 1.24. The fourth-order valence-corrected chi connectivity index (χ4v) is 2.90. The lowest BCUT2D eigenvalue weighted by Gasteiger charge is -2.39. The first-order chi connectivity index (χ1) is 9.07. The molecule has 1 amide bonds. The lowest BCUT2D eigenvalue weighted by Crippen LogP contribution is -2.54. The number of hydrogen-bond donors (Lipinski definition) is 1. The van der Waals surface area contributed by atoms with E-state index in [1.54, 1.807) is 6.07 Å². The summed E-state index contributed by atoms with van der Waals surface area (Å²) in [6.07, 6.45) is 2.17. The number of carbonyl (C=O) groups is 1. The summed E-state index contributed by atoms with van der Waals surface area (Å²) < 4.78 is 10.3. The van der Waals surface area contributed by atoms with E-state index in [0.717, 1.165) is 25.1 Å². The van der Waals surface area contributed by atoms with Crippen molar-refractivity contribution < 1.29 is 14.1 Å². The number of ether oxygens (including phenoxy) is 1. The van der Waals surface area contributed by atoms with Crippen molar-refractivity contribution in [1.29, 1.82) is 0 Å². The number of carbonyl (C=O) groups excluding carboxylic acids is 1. The van der Waals surface area contributed by atoms with E-state index >= 15 is 0 Å². The summed E-state index contributed by atoms with van der Waals surface area (Å²) >= 11 is 0. The Morgan fingerprint density at radius 2 is 2.58 bits per heavy atom. The van der Waals surface area contributed by atoms with Gasteiger partial charge >= 0.3 is 0 Å². The quantitative estimate of drug-likeness (QED) is 0.854. The monoisotopic (exact) mass is 265 g/mol. The molecule has 2 heterocycles. The predicted octanol–water partition coefficient (Wildman–Crippen LogP) is 0.449. The molecule has 2 N–H and O–H groups in total. The number of likely N-dealkylation sites (tertiary alicyclic amines) is 1. The van der Waals surface area contributed by atoms with E-state index in [1.165, 1.54) is 0 Å². The Morgan fingerprint density at radius 1 is 1.74 bits per heavy atom. The average Bonchev–Trinajstić information content (AvgIpc) is 2.86. The van der Waals surface area contributed by atoms with Gasteiger partial charge < -0.3 is 19.9 Å². The molecule has 1 aliphatic heterocycles. The normalized spacial score (nSPS) is 29.2. The highest BCUT2D eigenvalue weighted by Gasteiger charge is 2.51. The van der Waals surface area contributed by atoms with Gasteiger partial charge in [0.25, 0.3) is 0 Å². The Kier molecular flexibility index (Phi) is 3.06. The lowest BCUT2D eigenvalue weighted by atomic mass is 9.70. The van der Waals surface area contributed by atoms with Gasteiger partial charge in [-0.05, 0) is 25.7 Å². The highest BCUT2D eigenvalue weighted by molar-refractivity contribution is 5.78. The van der Waals surface area contributed by atoms with Crippen molar-refractivity contribution in [3.8, 4) is 0 Å². The minimum Gasteiger partial charge on any atom is -0.365 e. The first kappa shape index (κ1) is 12.6. The van der Waals surface area contributed by atoms with Gasteiger partial charge in [-0.3, -0.25) is 4.79 Å². The molecule has 0 unspecified atom stereocenters. The molecule has 0 radical (unpaired) electrons. The predicted molar refractivity (Wildman–Crippen MR) is 67.1 cm³/mol. The number of aromatic nitrogens is 1. The zero-order chi connectivity index (χ0) is 13.5. The minimum atomic E-state index is -0.126. The number of hydrogen-bond acceptors (Lipinski definition) is 5. The van der Waals surface area contributed by atoms with E-state index in [4.69, 9.17) is 15.0 Å². The second kappa shape index (κ2) is 4.61. The zero-order valence-corrected chi connectivity index (χ0v) is 11.1. The molecule has 0 bridgehead atoms. The Balaban J connectivity index is 1.44. The van der Waals surface area contributed by atoms with Crippen LogP contribution >= 0.6 is 0 Å². The van der Waals surface area contributed by atoms with Crippen LogP contribution in [0.1, 0.15) is 24.3 Å². The molecule has 2 aliphatic rings. The molecular weight excluding hydrogens is 246 g/mol. The maximum absolute atomic E-state index is 12.0. The number of fused-ring (bicyclic) bond motifs is 1. The van der Waals surface area contributed by atoms with Gasteiger partial charge in [-0.15, -0.1) is 0 Å². The summed E-state index contributed by atoms with van der Waals surface area (Å²) in [4.78, 5) is 13.8. The summed E-state index contributed by atoms with van der Waals surface area (Å²) in [6, 6.07) is 1.80. The van der Waals surface area contributed by atoms with Gasteiger partial charge in [-0.1, -0.05) is 5.16 Å². The van der Waals surface area contributed by atoms with E-state index in [9.17, 15) is 4.79 Å². The number of amides is 1.